The van der Waals surface area contributed by atoms with Gasteiger partial charge in [0.15, 0.2) is 5.76 Å². The molecule has 3 aromatic rings. The van der Waals surface area contributed by atoms with Crippen LogP contribution in [0.4, 0.5) is 4.39 Å². The molecule has 3 heterocycles. The molecule has 0 aliphatic carbocycles. The van der Waals surface area contributed by atoms with Gasteiger partial charge in [-0.2, -0.15) is 0 Å². The van der Waals surface area contributed by atoms with Crippen LogP contribution >= 0.6 is 11.3 Å². The van der Waals surface area contributed by atoms with E-state index < -0.39 is 0 Å². The summed E-state index contributed by atoms with van der Waals surface area (Å²) >= 11 is 1.70. The first-order chi connectivity index (χ1) is 13.7. The molecule has 0 saturated heterocycles. The van der Waals surface area contributed by atoms with E-state index in [9.17, 15) is 9.18 Å². The van der Waals surface area contributed by atoms with Crippen molar-refractivity contribution in [3.63, 3.8) is 0 Å². The van der Waals surface area contributed by atoms with E-state index in [0.717, 1.165) is 17.9 Å². The summed E-state index contributed by atoms with van der Waals surface area (Å²) in [4.78, 5) is 16.2. The van der Waals surface area contributed by atoms with Gasteiger partial charge in [0, 0.05) is 18.0 Å². The largest absolute Gasteiger partial charge is 0.478 e. The van der Waals surface area contributed by atoms with Crippen LogP contribution in [0.15, 0.2) is 59.7 Å². The Labute approximate surface area is 165 Å². The molecule has 2 aliphatic heterocycles. The second-order valence-corrected chi connectivity index (χ2v) is 7.79. The molecule has 0 bridgehead atoms. The first-order valence-corrected chi connectivity index (χ1v) is 9.78. The van der Waals surface area contributed by atoms with Crippen LogP contribution in [0.25, 0.3) is 6.08 Å². The van der Waals surface area contributed by atoms with Gasteiger partial charge in [0.2, 0.25) is 5.78 Å². The highest BCUT2D eigenvalue weighted by Crippen LogP contribution is 2.42. The Balaban J connectivity index is 1.45. The van der Waals surface area contributed by atoms with E-state index >= 15 is 0 Å². The zero-order valence-corrected chi connectivity index (χ0v) is 15.7. The number of ether oxygens (including phenoxy) is 2. The molecule has 6 heteroatoms. The SMILES string of the molecule is O=C1/C(=C/c2cccc(F)c2)Oc2c1ccc1c2CN(Cc2cccs2)CO1. The second-order valence-electron chi connectivity index (χ2n) is 6.75. The van der Waals surface area contributed by atoms with Crippen molar-refractivity contribution in [3.8, 4) is 11.5 Å². The molecule has 28 heavy (non-hydrogen) atoms. The fourth-order valence-corrected chi connectivity index (χ4v) is 4.22. The topological polar surface area (TPSA) is 38.8 Å². The first kappa shape index (κ1) is 17.2. The van der Waals surface area contributed by atoms with Crippen molar-refractivity contribution < 1.29 is 18.7 Å². The molecule has 140 valence electrons. The van der Waals surface area contributed by atoms with Crippen molar-refractivity contribution in [3.05, 3.63) is 87.1 Å². The van der Waals surface area contributed by atoms with Crippen LogP contribution < -0.4 is 9.47 Å². The zero-order chi connectivity index (χ0) is 19.1. The zero-order valence-electron chi connectivity index (χ0n) is 14.9. The minimum Gasteiger partial charge on any atom is -0.478 e. The molecule has 0 unspecified atom stereocenters. The number of fused-ring (bicyclic) bond motifs is 3. The molecule has 2 aliphatic rings. The summed E-state index contributed by atoms with van der Waals surface area (Å²) in [5.74, 6) is 0.927. The van der Waals surface area contributed by atoms with E-state index in [4.69, 9.17) is 9.47 Å². The van der Waals surface area contributed by atoms with Gasteiger partial charge in [0.25, 0.3) is 0 Å². The summed E-state index contributed by atoms with van der Waals surface area (Å²) in [6.45, 7) is 1.90. The Morgan fingerprint density at radius 3 is 2.93 bits per heavy atom. The van der Waals surface area contributed by atoms with Crippen LogP contribution in [0.1, 0.15) is 26.4 Å². The van der Waals surface area contributed by atoms with Gasteiger partial charge in [-0.25, -0.2) is 4.39 Å². The number of carbonyl (C=O) groups excluding carboxylic acids is 1. The van der Waals surface area contributed by atoms with E-state index in [1.807, 2.05) is 12.1 Å². The number of allylic oxidation sites excluding steroid dienone is 1. The average Bonchev–Trinajstić information content (AvgIpc) is 3.31. The van der Waals surface area contributed by atoms with Crippen molar-refractivity contribution in [2.45, 2.75) is 13.1 Å². The number of ketones is 1. The quantitative estimate of drug-likeness (QED) is 0.596. The maximum atomic E-state index is 13.4. The number of nitrogens with zero attached hydrogens (tertiary/aromatic N) is 1. The summed E-state index contributed by atoms with van der Waals surface area (Å²) in [7, 11) is 0. The fraction of sp³-hybridized carbons (Fsp3) is 0.136. The van der Waals surface area contributed by atoms with E-state index in [1.165, 1.54) is 17.0 Å². The van der Waals surface area contributed by atoms with E-state index in [1.54, 1.807) is 35.6 Å². The van der Waals surface area contributed by atoms with E-state index in [-0.39, 0.29) is 17.4 Å². The maximum Gasteiger partial charge on any atom is 0.231 e. The van der Waals surface area contributed by atoms with Gasteiger partial charge in [-0.15, -0.1) is 11.3 Å². The summed E-state index contributed by atoms with van der Waals surface area (Å²) in [5, 5.41) is 2.05. The van der Waals surface area contributed by atoms with Crippen molar-refractivity contribution in [1.82, 2.24) is 4.90 Å². The van der Waals surface area contributed by atoms with Crippen LogP contribution in [0.5, 0.6) is 11.5 Å². The number of benzene rings is 2. The third kappa shape index (κ3) is 3.10. The highest BCUT2D eigenvalue weighted by Gasteiger charge is 2.33. The third-order valence-electron chi connectivity index (χ3n) is 4.79. The number of hydrogen-bond donors (Lipinski definition) is 0. The molecule has 0 radical (unpaired) electrons. The maximum absolute atomic E-state index is 13.4. The fourth-order valence-electron chi connectivity index (χ4n) is 3.48. The van der Waals surface area contributed by atoms with Crippen LogP contribution in [-0.4, -0.2) is 17.4 Å². The Bertz CT molecular complexity index is 1090. The van der Waals surface area contributed by atoms with Gasteiger partial charge >= 0.3 is 0 Å². The minimum atomic E-state index is -0.354. The Kier molecular flexibility index (Phi) is 4.22. The first-order valence-electron chi connectivity index (χ1n) is 8.90. The van der Waals surface area contributed by atoms with Gasteiger partial charge in [-0.05, 0) is 47.4 Å². The monoisotopic (exact) mass is 393 g/mol. The molecule has 0 amide bonds. The van der Waals surface area contributed by atoms with Crippen LogP contribution in [0, 0.1) is 5.82 Å². The number of thiophene rings is 1. The molecule has 0 atom stereocenters. The molecule has 2 aromatic carbocycles. The Morgan fingerprint density at radius 2 is 2.11 bits per heavy atom. The van der Waals surface area contributed by atoms with Crippen molar-refractivity contribution in [2.24, 2.45) is 0 Å². The van der Waals surface area contributed by atoms with Crippen molar-refractivity contribution in [1.29, 1.82) is 0 Å². The van der Waals surface area contributed by atoms with Crippen molar-refractivity contribution in [2.75, 3.05) is 6.73 Å². The molecule has 1 aromatic heterocycles. The van der Waals surface area contributed by atoms with Gasteiger partial charge in [-0.1, -0.05) is 18.2 Å². The smallest absolute Gasteiger partial charge is 0.231 e. The highest BCUT2D eigenvalue weighted by molar-refractivity contribution is 7.09. The standard InChI is InChI=1S/C22H16FNO3S/c23-15-4-1-3-14(9-15)10-20-21(25)17-6-7-19-18(22(17)27-20)12-24(13-26-19)11-16-5-2-8-28-16/h1-10H,11-13H2/b20-10-. The summed E-state index contributed by atoms with van der Waals surface area (Å²) < 4.78 is 25.3. The molecule has 0 fully saturated rings. The lowest BCUT2D eigenvalue weighted by Crippen LogP contribution is -2.31. The Morgan fingerprint density at radius 1 is 1.18 bits per heavy atom. The number of halogens is 1. The van der Waals surface area contributed by atoms with Crippen LogP contribution in [-0.2, 0) is 13.1 Å². The minimum absolute atomic E-state index is 0.197. The van der Waals surface area contributed by atoms with Crippen LogP contribution in [0.3, 0.4) is 0 Å². The van der Waals surface area contributed by atoms with Crippen molar-refractivity contribution >= 4 is 23.2 Å². The average molecular weight is 393 g/mol. The van der Waals surface area contributed by atoms with Gasteiger partial charge in [0.1, 0.15) is 24.0 Å². The predicted octanol–water partition coefficient (Wildman–Crippen LogP) is 4.86. The molecule has 4 nitrogen and oxygen atoms in total. The summed E-state index contributed by atoms with van der Waals surface area (Å²) in [5.41, 5.74) is 1.97. The lowest BCUT2D eigenvalue weighted by molar-refractivity contribution is 0.0882. The van der Waals surface area contributed by atoms with Gasteiger partial charge in [-0.3, -0.25) is 9.69 Å². The van der Waals surface area contributed by atoms with Gasteiger partial charge < -0.3 is 9.47 Å². The number of hydrogen-bond acceptors (Lipinski definition) is 5. The molecule has 0 saturated carbocycles. The molecule has 5 rings (SSSR count). The van der Waals surface area contributed by atoms with E-state index in [2.05, 4.69) is 16.3 Å². The lowest BCUT2D eigenvalue weighted by atomic mass is 10.0. The molecule has 0 N–H and O–H groups in total. The molecular weight excluding hydrogens is 377 g/mol. The summed E-state index contributed by atoms with van der Waals surface area (Å²) in [6, 6.07) is 13.7. The number of Topliss-reactive ketones (excluding diaryl/α,β-unsaturated/α-hetero) is 1. The predicted molar refractivity (Wildman–Crippen MR) is 105 cm³/mol. The highest BCUT2D eigenvalue weighted by atomic mass is 32.1. The van der Waals surface area contributed by atoms with Gasteiger partial charge in [0.05, 0.1) is 11.1 Å². The third-order valence-corrected chi connectivity index (χ3v) is 5.65. The van der Waals surface area contributed by atoms with Crippen LogP contribution in [0.2, 0.25) is 0 Å². The number of rotatable bonds is 3. The second kappa shape index (κ2) is 6.89. The lowest BCUT2D eigenvalue weighted by Gasteiger charge is -2.29. The van der Waals surface area contributed by atoms with E-state index in [0.29, 0.717) is 30.2 Å². The molecular formula is C22H16FNO3S. The Hall–Kier alpha value is -2.96. The normalized spacial score (nSPS) is 17.2. The summed E-state index contributed by atoms with van der Waals surface area (Å²) in [6.07, 6.45) is 1.57. The number of carbonyl (C=O) groups is 1. The molecule has 0 spiro atoms.